The molecule has 0 saturated carbocycles. The van der Waals surface area contributed by atoms with E-state index >= 15 is 0 Å². The van der Waals surface area contributed by atoms with Crippen LogP contribution in [-0.2, 0) is 5.75 Å². The van der Waals surface area contributed by atoms with Crippen LogP contribution in [0.1, 0.15) is 25.8 Å². The first-order valence-electron chi connectivity index (χ1n) is 8.63. The minimum atomic E-state index is 1.06. The molecule has 0 aliphatic carbocycles. The Balaban J connectivity index is 1.85. The van der Waals surface area contributed by atoms with Crippen LogP contribution in [0.5, 0.6) is 0 Å². The van der Waals surface area contributed by atoms with Gasteiger partial charge in [0, 0.05) is 22.9 Å². The highest BCUT2D eigenvalue weighted by Crippen LogP contribution is 2.42. The average Bonchev–Trinajstić information content (AvgIpc) is 2.76. The molecule has 0 bridgehead atoms. The Kier molecular flexibility index (Phi) is 5.63. The summed E-state index contributed by atoms with van der Waals surface area (Å²) in [5, 5.41) is 0. The molecule has 0 spiro atoms. The molecule has 23 heavy (non-hydrogen) atoms. The summed E-state index contributed by atoms with van der Waals surface area (Å²) in [4.78, 5) is 6.42. The van der Waals surface area contributed by atoms with Crippen molar-refractivity contribution in [3.63, 3.8) is 0 Å². The molecular formula is C20H26N2S. The number of fused-ring (bicyclic) bond motifs is 2. The van der Waals surface area contributed by atoms with E-state index in [-0.39, 0.29) is 0 Å². The van der Waals surface area contributed by atoms with E-state index in [0.29, 0.717) is 0 Å². The summed E-state index contributed by atoms with van der Waals surface area (Å²) >= 11 is 1.95. The highest BCUT2D eigenvalue weighted by atomic mass is 32.2. The van der Waals surface area contributed by atoms with Gasteiger partial charge < -0.3 is 9.80 Å². The van der Waals surface area contributed by atoms with Gasteiger partial charge in [0.05, 0.1) is 5.69 Å². The van der Waals surface area contributed by atoms with Crippen LogP contribution in [0.4, 0.5) is 11.4 Å². The number of rotatable bonds is 6. The van der Waals surface area contributed by atoms with E-state index in [1.165, 1.54) is 34.8 Å². The van der Waals surface area contributed by atoms with E-state index < -0.39 is 0 Å². The lowest BCUT2D eigenvalue weighted by Gasteiger charge is -2.28. The molecule has 3 rings (SSSR count). The lowest BCUT2D eigenvalue weighted by atomic mass is 10.1. The van der Waals surface area contributed by atoms with Gasteiger partial charge in [0.15, 0.2) is 0 Å². The van der Waals surface area contributed by atoms with Crippen LogP contribution < -0.4 is 4.90 Å². The fraction of sp³-hybridized carbons (Fsp3) is 0.400. The molecule has 0 unspecified atom stereocenters. The highest BCUT2D eigenvalue weighted by Gasteiger charge is 2.20. The second kappa shape index (κ2) is 7.89. The third-order valence-corrected chi connectivity index (χ3v) is 5.68. The van der Waals surface area contributed by atoms with Crippen LogP contribution >= 0.6 is 11.8 Å². The van der Waals surface area contributed by atoms with Crippen LogP contribution in [0.3, 0.4) is 0 Å². The monoisotopic (exact) mass is 326 g/mol. The summed E-state index contributed by atoms with van der Waals surface area (Å²) in [7, 11) is 0. The van der Waals surface area contributed by atoms with Gasteiger partial charge in [-0.2, -0.15) is 0 Å². The van der Waals surface area contributed by atoms with E-state index in [1.54, 1.807) is 0 Å². The molecule has 1 heterocycles. The molecule has 2 nitrogen and oxygen atoms in total. The van der Waals surface area contributed by atoms with Crippen molar-refractivity contribution in [2.75, 3.05) is 31.1 Å². The molecule has 122 valence electrons. The molecule has 2 aromatic rings. The van der Waals surface area contributed by atoms with Gasteiger partial charge in [-0.3, -0.25) is 0 Å². The summed E-state index contributed by atoms with van der Waals surface area (Å²) in [5.74, 6) is 1.06. The lowest BCUT2D eigenvalue weighted by Crippen LogP contribution is -2.28. The first kappa shape index (κ1) is 16.4. The smallest absolute Gasteiger partial charge is 0.0549 e. The number of anilines is 2. The van der Waals surface area contributed by atoms with Gasteiger partial charge in [0.25, 0.3) is 0 Å². The van der Waals surface area contributed by atoms with Gasteiger partial charge in [0.2, 0.25) is 0 Å². The molecule has 2 aromatic carbocycles. The van der Waals surface area contributed by atoms with Gasteiger partial charge in [-0.1, -0.05) is 44.2 Å². The average molecular weight is 327 g/mol. The molecule has 0 amide bonds. The standard InChI is InChI=1S/C20H26N2S/c1-3-21(4-2)14-9-15-22-18-11-6-5-10-17(18)16-23-20-13-8-7-12-19(20)22/h5-8,10-13H,3-4,9,14-16H2,1-2H3. The van der Waals surface area contributed by atoms with E-state index in [1.807, 2.05) is 11.8 Å². The Bertz CT molecular complexity index is 590. The Hall–Kier alpha value is -1.45. The normalized spacial score (nSPS) is 13.6. The Morgan fingerprint density at radius 3 is 2.43 bits per heavy atom. The second-order valence-electron chi connectivity index (χ2n) is 5.92. The first-order valence-corrected chi connectivity index (χ1v) is 9.61. The number of nitrogens with zero attached hydrogens (tertiary/aromatic N) is 2. The van der Waals surface area contributed by atoms with Gasteiger partial charge in [-0.25, -0.2) is 0 Å². The Morgan fingerprint density at radius 1 is 0.957 bits per heavy atom. The van der Waals surface area contributed by atoms with Gasteiger partial charge in [0.1, 0.15) is 0 Å². The summed E-state index contributed by atoms with van der Waals surface area (Å²) in [6.45, 7) is 9.01. The second-order valence-corrected chi connectivity index (χ2v) is 6.93. The topological polar surface area (TPSA) is 6.48 Å². The fourth-order valence-electron chi connectivity index (χ4n) is 3.22. The zero-order chi connectivity index (χ0) is 16.1. The van der Waals surface area contributed by atoms with Gasteiger partial charge in [-0.15, -0.1) is 11.8 Å². The predicted octanol–water partition coefficient (Wildman–Crippen LogP) is 5.16. The van der Waals surface area contributed by atoms with Crippen molar-refractivity contribution in [1.29, 1.82) is 0 Å². The number of benzene rings is 2. The van der Waals surface area contributed by atoms with E-state index in [2.05, 4.69) is 72.2 Å². The van der Waals surface area contributed by atoms with Crippen LogP contribution in [0.2, 0.25) is 0 Å². The zero-order valence-electron chi connectivity index (χ0n) is 14.2. The van der Waals surface area contributed by atoms with Crippen molar-refractivity contribution in [2.24, 2.45) is 0 Å². The molecule has 0 aromatic heterocycles. The van der Waals surface area contributed by atoms with Crippen molar-refractivity contribution in [1.82, 2.24) is 4.90 Å². The summed E-state index contributed by atoms with van der Waals surface area (Å²) in [6, 6.07) is 17.7. The van der Waals surface area contributed by atoms with Crippen molar-refractivity contribution >= 4 is 23.1 Å². The van der Waals surface area contributed by atoms with E-state index in [0.717, 1.165) is 25.4 Å². The molecule has 1 aliphatic rings. The van der Waals surface area contributed by atoms with E-state index in [9.17, 15) is 0 Å². The fourth-order valence-corrected chi connectivity index (χ4v) is 4.27. The number of thioether (sulfide) groups is 1. The van der Waals surface area contributed by atoms with Gasteiger partial charge >= 0.3 is 0 Å². The van der Waals surface area contributed by atoms with Crippen molar-refractivity contribution < 1.29 is 0 Å². The Labute approximate surface area is 144 Å². The summed E-state index contributed by atoms with van der Waals surface area (Å²) < 4.78 is 0. The maximum Gasteiger partial charge on any atom is 0.0549 e. The quantitative estimate of drug-likeness (QED) is 0.724. The van der Waals surface area contributed by atoms with Crippen molar-refractivity contribution in [2.45, 2.75) is 30.9 Å². The molecule has 3 heteroatoms. The van der Waals surface area contributed by atoms with Crippen molar-refractivity contribution in [3.05, 3.63) is 54.1 Å². The molecule has 0 N–H and O–H groups in total. The van der Waals surface area contributed by atoms with Gasteiger partial charge in [-0.05, 0) is 49.8 Å². The van der Waals surface area contributed by atoms with E-state index in [4.69, 9.17) is 0 Å². The lowest BCUT2D eigenvalue weighted by molar-refractivity contribution is 0.301. The SMILES string of the molecule is CCN(CC)CCCN1c2ccccc2CSc2ccccc21. The molecular weight excluding hydrogens is 300 g/mol. The molecule has 0 radical (unpaired) electrons. The predicted molar refractivity (Wildman–Crippen MR) is 102 cm³/mol. The highest BCUT2D eigenvalue weighted by molar-refractivity contribution is 7.98. The van der Waals surface area contributed by atoms with Crippen LogP contribution in [0.15, 0.2) is 53.4 Å². The summed E-state index contributed by atoms with van der Waals surface area (Å²) in [6.07, 6.45) is 1.19. The summed E-state index contributed by atoms with van der Waals surface area (Å²) in [5.41, 5.74) is 4.18. The van der Waals surface area contributed by atoms with Crippen LogP contribution in [0, 0.1) is 0 Å². The molecule has 0 fully saturated rings. The molecule has 0 atom stereocenters. The van der Waals surface area contributed by atoms with Crippen molar-refractivity contribution in [3.8, 4) is 0 Å². The first-order chi connectivity index (χ1) is 11.3. The number of para-hydroxylation sites is 2. The molecule has 1 aliphatic heterocycles. The third-order valence-electron chi connectivity index (χ3n) is 4.57. The molecule has 0 saturated heterocycles. The third kappa shape index (κ3) is 3.73. The number of hydrogen-bond acceptors (Lipinski definition) is 3. The minimum absolute atomic E-state index is 1.06. The Morgan fingerprint density at radius 2 is 1.65 bits per heavy atom. The zero-order valence-corrected chi connectivity index (χ0v) is 15.0. The van der Waals surface area contributed by atoms with Crippen LogP contribution in [-0.4, -0.2) is 31.1 Å². The minimum Gasteiger partial charge on any atom is -0.340 e. The maximum atomic E-state index is 2.52. The largest absolute Gasteiger partial charge is 0.340 e. The van der Waals surface area contributed by atoms with Crippen LogP contribution in [0.25, 0.3) is 0 Å². The number of hydrogen-bond donors (Lipinski definition) is 0. The maximum absolute atomic E-state index is 2.52.